The van der Waals surface area contributed by atoms with Crippen molar-refractivity contribution in [2.24, 2.45) is 12.8 Å². The van der Waals surface area contributed by atoms with E-state index in [0.717, 1.165) is 5.56 Å². The number of aromatic nitrogens is 5. The lowest BCUT2D eigenvalue weighted by Gasteiger charge is -2.34. The van der Waals surface area contributed by atoms with E-state index in [1.807, 2.05) is 6.07 Å². The molecule has 2 atom stereocenters. The van der Waals surface area contributed by atoms with Gasteiger partial charge in [0.2, 0.25) is 0 Å². The van der Waals surface area contributed by atoms with Gasteiger partial charge in [0.15, 0.2) is 0 Å². The summed E-state index contributed by atoms with van der Waals surface area (Å²) in [6.07, 6.45) is 2.18. The summed E-state index contributed by atoms with van der Waals surface area (Å²) in [5.74, 6) is 0.539. The first-order valence-electron chi connectivity index (χ1n) is 10.3. The summed E-state index contributed by atoms with van der Waals surface area (Å²) in [4.78, 5) is 17.1. The molecule has 1 aliphatic heterocycles. The van der Waals surface area contributed by atoms with Crippen molar-refractivity contribution in [2.75, 3.05) is 18.5 Å². The second kappa shape index (κ2) is 8.04. The van der Waals surface area contributed by atoms with Gasteiger partial charge in [0.25, 0.3) is 5.56 Å². The molecule has 0 saturated carbocycles. The maximum atomic E-state index is 13.6. The average molecular weight is 435 g/mol. The van der Waals surface area contributed by atoms with Crippen molar-refractivity contribution in [1.29, 1.82) is 0 Å². The Labute approximate surface area is 182 Å². The first kappa shape index (κ1) is 20.1. The van der Waals surface area contributed by atoms with Crippen LogP contribution in [-0.4, -0.2) is 38.1 Å². The van der Waals surface area contributed by atoms with Crippen LogP contribution < -0.4 is 21.3 Å². The van der Waals surface area contributed by atoms with Gasteiger partial charge < -0.3 is 15.8 Å². The Hall–Kier alpha value is -3.79. The van der Waals surface area contributed by atoms with Crippen LogP contribution in [0.25, 0.3) is 10.8 Å². The van der Waals surface area contributed by atoms with Crippen LogP contribution in [0.2, 0.25) is 0 Å². The van der Waals surface area contributed by atoms with Gasteiger partial charge in [-0.15, -0.1) is 0 Å². The molecule has 3 heterocycles. The van der Waals surface area contributed by atoms with Crippen molar-refractivity contribution in [3.8, 4) is 5.75 Å². The Bertz CT molecular complexity index is 1330. The van der Waals surface area contributed by atoms with Crippen molar-refractivity contribution in [2.45, 2.75) is 18.4 Å². The van der Waals surface area contributed by atoms with Gasteiger partial charge in [0.1, 0.15) is 23.7 Å². The maximum absolute atomic E-state index is 13.6. The number of anilines is 1. The zero-order valence-electron chi connectivity index (χ0n) is 17.4. The third kappa shape index (κ3) is 3.38. The zero-order valence-corrected chi connectivity index (χ0v) is 17.4. The fourth-order valence-electron chi connectivity index (χ4n) is 4.21. The maximum Gasteiger partial charge on any atom is 0.272 e. The molecule has 2 aromatic heterocycles. The van der Waals surface area contributed by atoms with E-state index in [1.54, 1.807) is 29.9 Å². The van der Waals surface area contributed by atoms with Gasteiger partial charge in [-0.3, -0.25) is 9.48 Å². The Morgan fingerprint density at radius 1 is 1.25 bits per heavy atom. The SMILES string of the molecule is Cn1ncnc1[C@H]1c2n[nH]c(=O)c3cc(OCCCN)cc(c23)N[C@@H]1c1ccc(F)cc1. The van der Waals surface area contributed by atoms with E-state index < -0.39 is 0 Å². The molecule has 0 unspecified atom stereocenters. The number of rotatable bonds is 6. The van der Waals surface area contributed by atoms with Gasteiger partial charge in [-0.1, -0.05) is 12.1 Å². The molecule has 0 aliphatic carbocycles. The lowest BCUT2D eigenvalue weighted by molar-refractivity contribution is 0.314. The highest BCUT2D eigenvalue weighted by Crippen LogP contribution is 2.46. The van der Waals surface area contributed by atoms with Gasteiger partial charge in [-0.2, -0.15) is 10.2 Å². The molecule has 32 heavy (non-hydrogen) atoms. The van der Waals surface area contributed by atoms with Crippen LogP contribution in [0.3, 0.4) is 0 Å². The van der Waals surface area contributed by atoms with E-state index >= 15 is 0 Å². The van der Waals surface area contributed by atoms with E-state index in [1.165, 1.54) is 18.5 Å². The summed E-state index contributed by atoms with van der Waals surface area (Å²) < 4.78 is 21.1. The van der Waals surface area contributed by atoms with E-state index in [4.69, 9.17) is 10.5 Å². The molecule has 2 aromatic carbocycles. The van der Waals surface area contributed by atoms with Crippen molar-refractivity contribution in [1.82, 2.24) is 25.0 Å². The van der Waals surface area contributed by atoms with Crippen LogP contribution >= 0.6 is 0 Å². The van der Waals surface area contributed by atoms with Crippen LogP contribution in [0.1, 0.15) is 35.5 Å². The quantitative estimate of drug-likeness (QED) is 0.397. The first-order chi connectivity index (χ1) is 15.6. The standard InChI is InChI=1S/C22H22FN7O2/c1-30-21(25-11-26-30)18-19(12-3-5-13(23)6-4-12)27-16-10-14(32-8-2-7-24)9-15-17(16)20(18)28-29-22(15)31/h3-6,9-11,18-19,27H,2,7-8,24H2,1H3,(H,29,31)/t18-,19-/m1/s1. The van der Waals surface area contributed by atoms with E-state index in [9.17, 15) is 9.18 Å². The lowest BCUT2D eigenvalue weighted by atomic mass is 9.83. The van der Waals surface area contributed by atoms with Gasteiger partial charge >= 0.3 is 0 Å². The molecule has 4 aromatic rings. The number of nitrogens with two attached hydrogens (primary N) is 1. The molecule has 5 rings (SSSR count). The number of benzene rings is 2. The van der Waals surface area contributed by atoms with Crippen molar-refractivity contribution >= 4 is 16.5 Å². The van der Waals surface area contributed by atoms with Crippen molar-refractivity contribution in [3.05, 3.63) is 76.0 Å². The van der Waals surface area contributed by atoms with Crippen LogP contribution in [0.5, 0.6) is 5.75 Å². The molecule has 0 radical (unpaired) electrons. The monoisotopic (exact) mass is 435 g/mol. The molecule has 4 N–H and O–H groups in total. The van der Waals surface area contributed by atoms with Gasteiger partial charge in [-0.05, 0) is 36.7 Å². The Morgan fingerprint density at radius 3 is 2.78 bits per heavy atom. The van der Waals surface area contributed by atoms with E-state index in [2.05, 4.69) is 25.6 Å². The molecule has 1 aliphatic rings. The molecule has 0 amide bonds. The van der Waals surface area contributed by atoms with Gasteiger partial charge in [-0.25, -0.2) is 14.5 Å². The predicted octanol–water partition coefficient (Wildman–Crippen LogP) is 2.22. The number of aryl methyl sites for hydroxylation is 1. The summed E-state index contributed by atoms with van der Waals surface area (Å²) in [5, 5.41) is 15.9. The number of hydrogen-bond acceptors (Lipinski definition) is 7. The van der Waals surface area contributed by atoms with Crippen LogP contribution in [0.15, 0.2) is 47.5 Å². The first-order valence-corrected chi connectivity index (χ1v) is 10.3. The Kier molecular flexibility index (Phi) is 5.06. The predicted molar refractivity (Wildman–Crippen MR) is 117 cm³/mol. The fraction of sp³-hybridized carbons (Fsp3) is 0.273. The smallest absolute Gasteiger partial charge is 0.272 e. The van der Waals surface area contributed by atoms with Gasteiger partial charge in [0, 0.05) is 24.2 Å². The van der Waals surface area contributed by atoms with Crippen molar-refractivity contribution in [3.63, 3.8) is 0 Å². The zero-order chi connectivity index (χ0) is 22.2. The minimum absolute atomic E-state index is 0.312. The topological polar surface area (TPSA) is 124 Å². The van der Waals surface area contributed by atoms with Gasteiger partial charge in [0.05, 0.1) is 29.6 Å². The van der Waals surface area contributed by atoms with Crippen LogP contribution in [-0.2, 0) is 7.05 Å². The molecular formula is C22H22FN7O2. The highest BCUT2D eigenvalue weighted by molar-refractivity contribution is 5.98. The summed E-state index contributed by atoms with van der Waals surface area (Å²) >= 11 is 0. The van der Waals surface area contributed by atoms with Crippen LogP contribution in [0, 0.1) is 5.82 Å². The molecule has 0 bridgehead atoms. The molecule has 10 heteroatoms. The molecule has 0 spiro atoms. The minimum atomic E-state index is -0.371. The van der Waals surface area contributed by atoms with E-state index in [0.29, 0.717) is 53.3 Å². The Morgan fingerprint density at radius 2 is 2.06 bits per heavy atom. The third-order valence-corrected chi connectivity index (χ3v) is 5.70. The number of aromatic amines is 1. The molecule has 164 valence electrons. The largest absolute Gasteiger partial charge is 0.493 e. The summed E-state index contributed by atoms with van der Waals surface area (Å²) in [6, 6.07) is 9.54. The summed E-state index contributed by atoms with van der Waals surface area (Å²) in [7, 11) is 1.80. The average Bonchev–Trinajstić information content (AvgIpc) is 3.21. The number of halogens is 1. The molecule has 9 nitrogen and oxygen atoms in total. The second-order valence-electron chi connectivity index (χ2n) is 7.72. The lowest BCUT2D eigenvalue weighted by Crippen LogP contribution is -2.30. The normalized spacial score (nSPS) is 17.3. The second-order valence-corrected chi connectivity index (χ2v) is 7.72. The minimum Gasteiger partial charge on any atom is -0.493 e. The number of ether oxygens (including phenoxy) is 1. The number of H-pyrrole nitrogens is 1. The highest BCUT2D eigenvalue weighted by Gasteiger charge is 2.37. The number of nitrogens with zero attached hydrogens (tertiary/aromatic N) is 4. The van der Waals surface area contributed by atoms with Crippen molar-refractivity contribution < 1.29 is 9.13 Å². The Balaban J connectivity index is 1.72. The molecular weight excluding hydrogens is 413 g/mol. The summed E-state index contributed by atoms with van der Waals surface area (Å²) in [6.45, 7) is 0.958. The number of hydrogen-bond donors (Lipinski definition) is 3. The molecule has 0 saturated heterocycles. The fourth-order valence-corrected chi connectivity index (χ4v) is 4.21. The highest BCUT2D eigenvalue weighted by atomic mass is 19.1. The third-order valence-electron chi connectivity index (χ3n) is 5.70. The summed E-state index contributed by atoms with van der Waals surface area (Å²) in [5.41, 5.74) is 7.47. The molecule has 0 fully saturated rings. The van der Waals surface area contributed by atoms with Crippen LogP contribution in [0.4, 0.5) is 10.1 Å². The van der Waals surface area contributed by atoms with E-state index in [-0.39, 0.29) is 23.3 Å². The number of nitrogens with one attached hydrogen (secondary N) is 2.